The number of ketones is 3. The lowest BCUT2D eigenvalue weighted by molar-refractivity contribution is -0.195. The SMILES string of the molecule is COCCCC(=O)c1cccc(-n2ncc3c2C=C2CC[C@@H]4[C@H]([C@@H](O)C[C@@]5(C)[C@H]4CC[C@]5(O)C(=O)O)[C@@]2(C)C3)c1.COCCCC(=O)c1cccc(NN)c1.C[C@]12CC(C=O)C(=O)C=C1CC[C@@H]1[C@@H]2[C@@H](O)C[C@@]2(C)[C@H]1CC[C@]2(O)C(=O)O. The molecular formula is C64H84N4O14. The Hall–Kier alpha value is -5.73. The topological polar surface area (TPSA) is 298 Å². The third kappa shape index (κ3) is 10.2. The fourth-order valence-electron chi connectivity index (χ4n) is 17.7. The highest BCUT2D eigenvalue weighted by atomic mass is 16.5. The molecule has 6 saturated carbocycles. The number of hydrogen-bond donors (Lipinski definition) is 8. The maximum absolute atomic E-state index is 12.7. The number of aldehydes is 1. The van der Waals surface area contributed by atoms with Gasteiger partial charge < -0.3 is 50.3 Å². The first-order chi connectivity index (χ1) is 38.9. The van der Waals surface area contributed by atoms with Crippen LogP contribution in [0.1, 0.15) is 156 Å². The molecule has 3 aromatic rings. The summed E-state index contributed by atoms with van der Waals surface area (Å²) in [5.74, 6) is 2.45. The van der Waals surface area contributed by atoms with Gasteiger partial charge in [0, 0.05) is 67.9 Å². The Kier molecular flexibility index (Phi) is 17.3. The van der Waals surface area contributed by atoms with Crippen LogP contribution in [0.2, 0.25) is 0 Å². The summed E-state index contributed by atoms with van der Waals surface area (Å²) in [6.07, 6.45) is 14.0. The van der Waals surface area contributed by atoms with Crippen LogP contribution in [0.15, 0.2) is 72.0 Å². The molecule has 82 heavy (non-hydrogen) atoms. The molecule has 1 aromatic heterocycles. The summed E-state index contributed by atoms with van der Waals surface area (Å²) in [6.45, 7) is 9.15. The minimum Gasteiger partial charge on any atom is -0.479 e. The van der Waals surface area contributed by atoms with Crippen molar-refractivity contribution in [3.8, 4) is 5.69 Å². The van der Waals surface area contributed by atoms with Gasteiger partial charge in [-0.3, -0.25) is 20.2 Å². The molecule has 2 aromatic carbocycles. The lowest BCUT2D eigenvalue weighted by Crippen LogP contribution is -2.62. The highest BCUT2D eigenvalue weighted by Crippen LogP contribution is 2.69. The van der Waals surface area contributed by atoms with E-state index in [0.29, 0.717) is 75.6 Å². The van der Waals surface area contributed by atoms with Crippen molar-refractivity contribution in [2.75, 3.05) is 32.9 Å². The van der Waals surface area contributed by atoms with Crippen molar-refractivity contribution >= 4 is 47.3 Å². The normalized spacial score (nSPS) is 36.5. The third-order valence-corrected chi connectivity index (χ3v) is 21.9. The number of nitrogens with two attached hydrogens (primary N) is 1. The Morgan fingerprint density at radius 1 is 0.732 bits per heavy atom. The highest BCUT2D eigenvalue weighted by molar-refractivity contribution is 6.02. The Balaban J connectivity index is 0.000000166. The van der Waals surface area contributed by atoms with Gasteiger partial charge in [0.25, 0.3) is 0 Å². The second-order valence-corrected chi connectivity index (χ2v) is 25.9. The van der Waals surface area contributed by atoms with Crippen molar-refractivity contribution in [1.82, 2.24) is 9.78 Å². The summed E-state index contributed by atoms with van der Waals surface area (Å²) >= 11 is 0. The quantitative estimate of drug-likeness (QED) is 0.0180. The molecule has 0 amide bonds. The largest absolute Gasteiger partial charge is 0.479 e. The van der Waals surface area contributed by atoms with Crippen molar-refractivity contribution in [1.29, 1.82) is 0 Å². The molecular weight excluding hydrogens is 1050 g/mol. The fraction of sp³-hybridized carbons (Fsp3) is 0.609. The third-order valence-electron chi connectivity index (χ3n) is 21.9. The number of anilines is 1. The molecule has 1 heterocycles. The molecule has 18 nitrogen and oxygen atoms in total. The molecule has 0 radical (unpaired) electrons. The molecule has 11 rings (SSSR count). The predicted octanol–water partition coefficient (Wildman–Crippen LogP) is 7.76. The Morgan fingerprint density at radius 3 is 1.76 bits per heavy atom. The zero-order valence-corrected chi connectivity index (χ0v) is 48.3. The first-order valence-corrected chi connectivity index (χ1v) is 29.4. The lowest BCUT2D eigenvalue weighted by atomic mass is 9.45. The standard InChI is InChI=1S/C32H40N2O6.C21H28O6.C11H16N2O2/c1-30-16-20-18-33-34(22-7-4-6-19(14-22)26(35)8-5-13-40-3)25(20)15-21(30)9-10-23-24-11-12-32(39,29(37)38)31(24,2)17-27(36)28(23)30;1-19-8-11(10-22)15(23)7-12(19)3-4-13-14-5-6-21(27,18(25)26)20(14,2)9-16(24)17(13)19;1-15-7-3-6-11(14)9-4-2-5-10(8-9)13-12/h4,6-7,14-15,18,23-24,27-28,36,39H,5,8-13,16-17H2,1-3H3,(H,37,38);7,10-11,13-14,16-17,24,27H,3-6,8-9H2,1-2H3,(H,25,26);2,4-5,8,13H,3,6-7,12H2,1H3/t23-,24-,27-,28+,30-,31-,32-;11?,13-,14-,16-,17+,19-,20-,21-;/m00./s1. The summed E-state index contributed by atoms with van der Waals surface area (Å²) in [4.78, 5) is 72.0. The van der Waals surface area contributed by atoms with Gasteiger partial charge in [0.15, 0.2) is 28.6 Å². The van der Waals surface area contributed by atoms with Crippen LogP contribution in [0, 0.1) is 63.1 Å². The number of aromatic nitrogens is 2. The number of hydrazine groups is 1. The number of carbonyl (C=O) groups is 6. The Morgan fingerprint density at radius 2 is 1.24 bits per heavy atom. The summed E-state index contributed by atoms with van der Waals surface area (Å²) in [7, 11) is 3.26. The average molecular weight is 1130 g/mol. The molecule has 6 fully saturated rings. The number of hydrogen-bond acceptors (Lipinski definition) is 15. The van der Waals surface area contributed by atoms with Gasteiger partial charge in [-0.1, -0.05) is 63.1 Å². The zero-order valence-electron chi connectivity index (χ0n) is 48.3. The van der Waals surface area contributed by atoms with Crippen LogP contribution in [-0.4, -0.2) is 127 Å². The van der Waals surface area contributed by atoms with E-state index < -0.39 is 57.5 Å². The van der Waals surface area contributed by atoms with Crippen LogP contribution in [0.25, 0.3) is 11.8 Å². The molecule has 0 aliphatic heterocycles. The van der Waals surface area contributed by atoms with Crippen LogP contribution in [0.4, 0.5) is 5.69 Å². The van der Waals surface area contributed by atoms with E-state index in [1.54, 1.807) is 38.5 Å². The van der Waals surface area contributed by atoms with E-state index in [9.17, 15) is 59.4 Å². The van der Waals surface area contributed by atoms with E-state index in [1.807, 2.05) is 62.0 Å². The zero-order chi connectivity index (χ0) is 59.3. The first kappa shape index (κ1) is 60.8. The van der Waals surface area contributed by atoms with E-state index in [1.165, 1.54) is 5.57 Å². The second-order valence-electron chi connectivity index (χ2n) is 25.9. The van der Waals surface area contributed by atoms with Gasteiger partial charge in [-0.2, -0.15) is 5.10 Å². The molecule has 1 unspecified atom stereocenters. The molecule has 9 N–H and O–H groups in total. The number of rotatable bonds is 15. The first-order valence-electron chi connectivity index (χ1n) is 29.4. The lowest BCUT2D eigenvalue weighted by Gasteiger charge is -2.60. The highest BCUT2D eigenvalue weighted by Gasteiger charge is 2.71. The van der Waals surface area contributed by atoms with Crippen LogP contribution in [0.3, 0.4) is 0 Å². The van der Waals surface area contributed by atoms with Crippen LogP contribution >= 0.6 is 0 Å². The molecule has 0 bridgehead atoms. The van der Waals surface area contributed by atoms with Crippen LogP contribution in [0.5, 0.6) is 0 Å². The number of aliphatic carboxylic acids is 2. The van der Waals surface area contributed by atoms with Gasteiger partial charge in [-0.25, -0.2) is 14.3 Å². The number of fused-ring (bicyclic) bond motifs is 11. The minimum absolute atomic E-state index is 0.00808. The van der Waals surface area contributed by atoms with Gasteiger partial charge in [-0.05, 0) is 178 Å². The molecule has 15 atom stereocenters. The van der Waals surface area contributed by atoms with E-state index >= 15 is 0 Å². The smallest absolute Gasteiger partial charge is 0.336 e. The summed E-state index contributed by atoms with van der Waals surface area (Å²) < 4.78 is 11.9. The van der Waals surface area contributed by atoms with Gasteiger partial charge in [-0.15, -0.1) is 0 Å². The number of methoxy groups -OCH3 is 2. The number of nitrogens with zero attached hydrogens (tertiary/aromatic N) is 2. The number of carboxylic acid groups (broad SMARTS) is 2. The maximum Gasteiger partial charge on any atom is 0.336 e. The number of carboxylic acids is 2. The van der Waals surface area contributed by atoms with Crippen molar-refractivity contribution in [2.45, 2.75) is 154 Å². The number of allylic oxidation sites excluding steroid dienone is 2. The number of ether oxygens (including phenoxy) is 2. The number of benzene rings is 2. The second kappa shape index (κ2) is 23.4. The summed E-state index contributed by atoms with van der Waals surface area (Å²) in [5, 5.41) is 69.3. The number of nitrogens with one attached hydrogen (secondary N) is 1. The van der Waals surface area contributed by atoms with E-state index in [2.05, 4.69) is 18.4 Å². The van der Waals surface area contributed by atoms with E-state index in [-0.39, 0.29) is 77.5 Å². The van der Waals surface area contributed by atoms with Crippen LogP contribution in [-0.2, 0) is 35.1 Å². The van der Waals surface area contributed by atoms with E-state index in [0.717, 1.165) is 66.7 Å². The Bertz CT molecular complexity index is 3030. The summed E-state index contributed by atoms with van der Waals surface area (Å²) in [6, 6.07) is 14.8. The number of nitrogen functional groups attached to an aromatic ring is 1. The fourth-order valence-corrected chi connectivity index (χ4v) is 17.7. The minimum atomic E-state index is -1.81. The number of carbonyl (C=O) groups excluding carboxylic acids is 4. The molecule has 8 aliphatic rings. The van der Waals surface area contributed by atoms with E-state index in [4.69, 9.17) is 20.4 Å². The molecule has 444 valence electrons. The average Bonchev–Trinajstić information content (AvgIpc) is 1.86. The predicted molar refractivity (Wildman–Crippen MR) is 304 cm³/mol. The molecule has 0 spiro atoms. The molecule has 0 saturated heterocycles. The van der Waals surface area contributed by atoms with Crippen molar-refractivity contribution in [3.63, 3.8) is 0 Å². The molecule has 18 heteroatoms. The molecule has 8 aliphatic carbocycles. The monoisotopic (exact) mass is 1130 g/mol. The van der Waals surface area contributed by atoms with Gasteiger partial charge >= 0.3 is 11.9 Å². The van der Waals surface area contributed by atoms with Crippen molar-refractivity contribution < 1.29 is 68.9 Å². The van der Waals surface area contributed by atoms with Crippen molar-refractivity contribution in [3.05, 3.63) is 94.3 Å². The number of Topliss-reactive ketones (excluding diaryl/α,β-unsaturated/α-hetero) is 2. The van der Waals surface area contributed by atoms with Crippen molar-refractivity contribution in [2.24, 2.45) is 68.9 Å². The van der Waals surface area contributed by atoms with Crippen LogP contribution < -0.4 is 11.3 Å². The van der Waals surface area contributed by atoms with Gasteiger partial charge in [0.2, 0.25) is 0 Å². The summed E-state index contributed by atoms with van der Waals surface area (Å²) in [5.41, 5.74) is 3.87. The Labute approximate surface area is 479 Å². The van der Waals surface area contributed by atoms with Gasteiger partial charge in [0.05, 0.1) is 35.7 Å². The maximum atomic E-state index is 12.7. The number of aliphatic hydroxyl groups is 4. The number of aliphatic hydroxyl groups excluding tert-OH is 2. The van der Waals surface area contributed by atoms with Gasteiger partial charge in [0.1, 0.15) is 6.29 Å².